The third-order valence-electron chi connectivity index (χ3n) is 3.21. The molecular weight excluding hydrogens is 244 g/mol. The number of ketones is 1. The molecule has 1 aliphatic carbocycles. The Labute approximate surface area is 112 Å². The van der Waals surface area contributed by atoms with E-state index in [-0.39, 0.29) is 29.2 Å². The topological polar surface area (TPSA) is 82.3 Å². The van der Waals surface area contributed by atoms with Gasteiger partial charge in [-0.25, -0.2) is 9.78 Å². The van der Waals surface area contributed by atoms with E-state index in [0.717, 1.165) is 0 Å². The molecule has 0 aromatic carbocycles. The number of carbonyl (C=O) groups is 2. The van der Waals surface area contributed by atoms with Gasteiger partial charge in [0, 0.05) is 12.0 Å². The van der Waals surface area contributed by atoms with E-state index in [1.807, 2.05) is 13.8 Å². The third kappa shape index (κ3) is 2.59. The van der Waals surface area contributed by atoms with E-state index in [0.29, 0.717) is 24.1 Å². The molecule has 0 saturated carbocycles. The molecule has 2 N–H and O–H groups in total. The van der Waals surface area contributed by atoms with Crippen LogP contribution in [-0.2, 0) is 11.2 Å². The average molecular weight is 262 g/mol. The van der Waals surface area contributed by atoms with Gasteiger partial charge in [-0.05, 0) is 24.8 Å². The Kier molecular flexibility index (Phi) is 3.30. The van der Waals surface area contributed by atoms with Crippen molar-refractivity contribution >= 4 is 17.6 Å². The van der Waals surface area contributed by atoms with E-state index in [2.05, 4.69) is 4.98 Å². The van der Waals surface area contributed by atoms with Gasteiger partial charge >= 0.3 is 5.97 Å². The number of fused-ring (bicyclic) bond motifs is 1. The summed E-state index contributed by atoms with van der Waals surface area (Å²) in [5.74, 6) is -0.403. The molecule has 1 aromatic heterocycles. The summed E-state index contributed by atoms with van der Waals surface area (Å²) in [6, 6.07) is 1.52. The molecule has 0 amide bonds. The molecule has 0 aliphatic heterocycles. The van der Waals surface area contributed by atoms with Crippen LogP contribution in [0.3, 0.4) is 0 Å². The van der Waals surface area contributed by atoms with E-state index in [1.54, 1.807) is 6.92 Å². The van der Waals surface area contributed by atoms with Gasteiger partial charge in [0.1, 0.15) is 11.4 Å². The van der Waals surface area contributed by atoms with E-state index < -0.39 is 5.97 Å². The molecule has 0 fully saturated rings. The largest absolute Gasteiger partial charge is 0.462 e. The van der Waals surface area contributed by atoms with E-state index in [9.17, 15) is 9.59 Å². The van der Waals surface area contributed by atoms with Gasteiger partial charge in [0.2, 0.25) is 0 Å². The zero-order chi connectivity index (χ0) is 14.2. The molecule has 0 saturated heterocycles. The van der Waals surface area contributed by atoms with Crippen molar-refractivity contribution in [2.24, 2.45) is 5.41 Å². The highest BCUT2D eigenvalue weighted by atomic mass is 16.5. The Morgan fingerprint density at radius 1 is 1.47 bits per heavy atom. The molecule has 0 radical (unpaired) electrons. The first kappa shape index (κ1) is 13.5. The number of hydrogen-bond acceptors (Lipinski definition) is 5. The van der Waals surface area contributed by atoms with Crippen LogP contribution in [0.15, 0.2) is 6.07 Å². The normalized spacial score (nSPS) is 16.9. The first-order valence-electron chi connectivity index (χ1n) is 6.34. The Balaban J connectivity index is 2.47. The van der Waals surface area contributed by atoms with Crippen molar-refractivity contribution in [1.29, 1.82) is 0 Å². The van der Waals surface area contributed by atoms with Gasteiger partial charge in [-0.1, -0.05) is 13.8 Å². The molecule has 102 valence electrons. The lowest BCUT2D eigenvalue weighted by Gasteiger charge is -2.29. The molecule has 0 atom stereocenters. The fourth-order valence-corrected chi connectivity index (χ4v) is 2.36. The van der Waals surface area contributed by atoms with Gasteiger partial charge in [-0.15, -0.1) is 0 Å². The molecule has 2 rings (SSSR count). The summed E-state index contributed by atoms with van der Waals surface area (Å²) < 4.78 is 4.91. The van der Waals surface area contributed by atoms with Crippen molar-refractivity contribution < 1.29 is 14.3 Å². The van der Waals surface area contributed by atoms with Crippen molar-refractivity contribution in [3.8, 4) is 0 Å². The predicted molar refractivity (Wildman–Crippen MR) is 71.0 cm³/mol. The van der Waals surface area contributed by atoms with Gasteiger partial charge in [0.05, 0.1) is 12.3 Å². The number of esters is 1. The number of ether oxygens (including phenoxy) is 1. The Morgan fingerprint density at radius 2 is 2.16 bits per heavy atom. The van der Waals surface area contributed by atoms with Gasteiger partial charge in [0.25, 0.3) is 0 Å². The first-order chi connectivity index (χ1) is 8.84. The standard InChI is InChI=1S/C14H18N2O3/c1-4-19-13(18)9-5-8-10(16-12(9)15)6-14(2,3)7-11(8)17/h5H,4,6-7H2,1-3H3,(H2,15,16). The van der Waals surface area contributed by atoms with Crippen molar-refractivity contribution in [3.63, 3.8) is 0 Å². The fourth-order valence-electron chi connectivity index (χ4n) is 2.36. The molecule has 1 aromatic rings. The molecule has 1 aliphatic rings. The van der Waals surface area contributed by atoms with Crippen molar-refractivity contribution in [3.05, 3.63) is 22.9 Å². The van der Waals surface area contributed by atoms with Gasteiger partial charge in [-0.2, -0.15) is 0 Å². The minimum absolute atomic E-state index is 0.00398. The SMILES string of the molecule is CCOC(=O)c1cc2c(nc1N)CC(C)(C)CC2=O. The van der Waals surface area contributed by atoms with Crippen LogP contribution in [0.2, 0.25) is 0 Å². The quantitative estimate of drug-likeness (QED) is 0.824. The van der Waals surface area contributed by atoms with Crippen LogP contribution in [0.25, 0.3) is 0 Å². The minimum atomic E-state index is -0.534. The number of carbonyl (C=O) groups excluding carboxylic acids is 2. The van der Waals surface area contributed by atoms with Crippen LogP contribution in [0, 0.1) is 5.41 Å². The highest BCUT2D eigenvalue weighted by Gasteiger charge is 2.33. The zero-order valence-corrected chi connectivity index (χ0v) is 11.4. The van der Waals surface area contributed by atoms with Gasteiger partial charge in [-0.3, -0.25) is 4.79 Å². The van der Waals surface area contributed by atoms with Crippen LogP contribution in [0.5, 0.6) is 0 Å². The number of nitrogens with zero attached hydrogens (tertiary/aromatic N) is 1. The highest BCUT2D eigenvalue weighted by Crippen LogP contribution is 2.34. The number of pyridine rings is 1. The number of aromatic nitrogens is 1. The summed E-state index contributed by atoms with van der Waals surface area (Å²) in [7, 11) is 0. The molecule has 5 nitrogen and oxygen atoms in total. The predicted octanol–water partition coefficient (Wildman–Crippen LogP) is 2.00. The first-order valence-corrected chi connectivity index (χ1v) is 6.34. The van der Waals surface area contributed by atoms with Crippen molar-refractivity contribution in [2.75, 3.05) is 12.3 Å². The lowest BCUT2D eigenvalue weighted by Crippen LogP contribution is -2.29. The maximum absolute atomic E-state index is 12.1. The Bertz CT molecular complexity index is 550. The number of nitrogens with two attached hydrogens (primary N) is 1. The van der Waals surface area contributed by atoms with Crippen LogP contribution in [0.1, 0.15) is 53.6 Å². The maximum Gasteiger partial charge on any atom is 0.341 e. The van der Waals surface area contributed by atoms with Crippen molar-refractivity contribution in [1.82, 2.24) is 4.98 Å². The molecule has 0 spiro atoms. The van der Waals surface area contributed by atoms with E-state index in [4.69, 9.17) is 10.5 Å². The number of hydrogen-bond donors (Lipinski definition) is 1. The summed E-state index contributed by atoms with van der Waals surface area (Å²) in [5, 5.41) is 0. The molecule has 19 heavy (non-hydrogen) atoms. The molecule has 0 unspecified atom stereocenters. The lowest BCUT2D eigenvalue weighted by molar-refractivity contribution is 0.0527. The van der Waals surface area contributed by atoms with Crippen LogP contribution >= 0.6 is 0 Å². The lowest BCUT2D eigenvalue weighted by atomic mass is 9.75. The number of anilines is 1. The van der Waals surface area contributed by atoms with Crippen LogP contribution < -0.4 is 5.73 Å². The monoisotopic (exact) mass is 262 g/mol. The smallest absolute Gasteiger partial charge is 0.341 e. The third-order valence-corrected chi connectivity index (χ3v) is 3.21. The minimum Gasteiger partial charge on any atom is -0.462 e. The number of nitrogen functional groups attached to an aromatic ring is 1. The second kappa shape index (κ2) is 4.64. The van der Waals surface area contributed by atoms with Crippen LogP contribution in [-0.4, -0.2) is 23.3 Å². The maximum atomic E-state index is 12.1. The number of Topliss-reactive ketones (excluding diaryl/α,β-unsaturated/α-hetero) is 1. The Morgan fingerprint density at radius 3 is 2.79 bits per heavy atom. The second-order valence-electron chi connectivity index (χ2n) is 5.58. The molecule has 0 bridgehead atoms. The summed E-state index contributed by atoms with van der Waals surface area (Å²) >= 11 is 0. The zero-order valence-electron chi connectivity index (χ0n) is 11.4. The average Bonchev–Trinajstić information content (AvgIpc) is 2.26. The molecule has 1 heterocycles. The number of rotatable bonds is 2. The Hall–Kier alpha value is -1.91. The van der Waals surface area contributed by atoms with Gasteiger partial charge < -0.3 is 10.5 Å². The summed E-state index contributed by atoms with van der Waals surface area (Å²) in [5.41, 5.74) is 7.01. The summed E-state index contributed by atoms with van der Waals surface area (Å²) in [6.07, 6.45) is 1.13. The van der Waals surface area contributed by atoms with E-state index >= 15 is 0 Å². The second-order valence-corrected chi connectivity index (χ2v) is 5.58. The molecule has 5 heteroatoms. The molecular formula is C14H18N2O3. The van der Waals surface area contributed by atoms with Crippen LogP contribution in [0.4, 0.5) is 5.82 Å². The van der Waals surface area contributed by atoms with Crippen molar-refractivity contribution in [2.45, 2.75) is 33.6 Å². The highest BCUT2D eigenvalue weighted by molar-refractivity contribution is 6.02. The van der Waals surface area contributed by atoms with Gasteiger partial charge in [0.15, 0.2) is 5.78 Å². The fraction of sp³-hybridized carbons (Fsp3) is 0.500. The summed E-state index contributed by atoms with van der Waals surface area (Å²) in [4.78, 5) is 28.1. The summed E-state index contributed by atoms with van der Waals surface area (Å²) in [6.45, 7) is 6.01. The van der Waals surface area contributed by atoms with E-state index in [1.165, 1.54) is 6.07 Å².